The Morgan fingerprint density at radius 1 is 1.11 bits per heavy atom. The second kappa shape index (κ2) is 5.95. The minimum absolute atomic E-state index is 0.0694. The van der Waals surface area contributed by atoms with Gasteiger partial charge in [-0.1, -0.05) is 0 Å². The third-order valence-corrected chi connectivity index (χ3v) is 2.46. The summed E-state index contributed by atoms with van der Waals surface area (Å²) >= 11 is 0. The Balaban J connectivity index is 3.23. The number of carboxylic acids is 2. The van der Waals surface area contributed by atoms with Crippen molar-refractivity contribution in [3.63, 3.8) is 0 Å². The summed E-state index contributed by atoms with van der Waals surface area (Å²) in [7, 11) is 0. The quantitative estimate of drug-likeness (QED) is 0.603. The van der Waals surface area contributed by atoms with Crippen molar-refractivity contribution < 1.29 is 30.0 Å². The van der Waals surface area contributed by atoms with Crippen LogP contribution in [0.15, 0.2) is 18.2 Å². The Labute approximate surface area is 108 Å². The molecule has 1 aromatic rings. The van der Waals surface area contributed by atoms with Gasteiger partial charge in [0.2, 0.25) is 0 Å². The molecule has 2 atom stereocenters. The number of carboxylic acid groups (broad SMARTS) is 2. The molecule has 0 bridgehead atoms. The van der Waals surface area contributed by atoms with E-state index in [1.165, 1.54) is 0 Å². The molecule has 0 amide bonds. The van der Waals surface area contributed by atoms with Crippen LogP contribution in [0.3, 0.4) is 0 Å². The summed E-state index contributed by atoms with van der Waals surface area (Å²) in [5.41, 5.74) is -0.712. The number of aliphatic hydroxyl groups is 2. The summed E-state index contributed by atoms with van der Waals surface area (Å²) in [5.74, 6) is -2.71. The molecule has 0 radical (unpaired) electrons. The number of rotatable bonds is 5. The molecule has 0 aliphatic heterocycles. The van der Waals surface area contributed by atoms with Gasteiger partial charge >= 0.3 is 11.9 Å². The number of aliphatic hydroxyl groups excluding tert-OH is 2. The predicted octanol–water partition coefficient (Wildman–Crippen LogP) is 0.391. The van der Waals surface area contributed by atoms with Gasteiger partial charge in [0.15, 0.2) is 0 Å². The number of aromatic carboxylic acids is 2. The molecule has 1 aromatic carbocycles. The van der Waals surface area contributed by atoms with Crippen LogP contribution in [0.4, 0.5) is 0 Å². The monoisotopic (exact) mass is 265 g/mol. The normalized spacial score (nSPS) is 13.3. The standard InChI is InChI=1S/C12H11NO6/c13-2-1-9(14)10(15)6-3-7(11(16)17)5-8(4-6)12(18)19/h3-5,9-10,14-15H,1H2,(H,16,17)(H,18,19). The maximum Gasteiger partial charge on any atom is 0.335 e. The second-order valence-electron chi connectivity index (χ2n) is 3.83. The van der Waals surface area contributed by atoms with E-state index >= 15 is 0 Å². The van der Waals surface area contributed by atoms with Gasteiger partial charge in [-0.2, -0.15) is 5.26 Å². The van der Waals surface area contributed by atoms with E-state index in [0.717, 1.165) is 18.2 Å². The van der Waals surface area contributed by atoms with E-state index in [9.17, 15) is 19.8 Å². The largest absolute Gasteiger partial charge is 0.478 e. The predicted molar refractivity (Wildman–Crippen MR) is 61.6 cm³/mol. The molecule has 7 nitrogen and oxygen atoms in total. The Morgan fingerprint density at radius 3 is 1.95 bits per heavy atom. The molecule has 0 heterocycles. The number of hydrogen-bond donors (Lipinski definition) is 4. The van der Waals surface area contributed by atoms with Crippen LogP contribution in [-0.4, -0.2) is 38.5 Å². The van der Waals surface area contributed by atoms with E-state index in [1.54, 1.807) is 6.07 Å². The average molecular weight is 265 g/mol. The topological polar surface area (TPSA) is 139 Å². The van der Waals surface area contributed by atoms with Crippen molar-refractivity contribution in [1.82, 2.24) is 0 Å². The van der Waals surface area contributed by atoms with Gasteiger partial charge in [0, 0.05) is 0 Å². The highest BCUT2D eigenvalue weighted by Crippen LogP contribution is 2.22. The van der Waals surface area contributed by atoms with Crippen molar-refractivity contribution in [2.24, 2.45) is 0 Å². The number of nitrogens with zero attached hydrogens (tertiary/aromatic N) is 1. The third-order valence-electron chi connectivity index (χ3n) is 2.46. The molecule has 0 fully saturated rings. The Bertz CT molecular complexity index is 515. The summed E-state index contributed by atoms with van der Waals surface area (Å²) in [6, 6.07) is 4.70. The molecule has 0 spiro atoms. The molecule has 0 aliphatic carbocycles. The SMILES string of the molecule is N#CCC(O)C(O)c1cc(C(=O)O)cc(C(=O)O)c1. The van der Waals surface area contributed by atoms with E-state index in [1.807, 2.05) is 0 Å². The third kappa shape index (κ3) is 3.51. The highest BCUT2D eigenvalue weighted by Gasteiger charge is 2.21. The lowest BCUT2D eigenvalue weighted by Gasteiger charge is -2.16. The average Bonchev–Trinajstić information content (AvgIpc) is 2.37. The summed E-state index contributed by atoms with van der Waals surface area (Å²) < 4.78 is 0. The Morgan fingerprint density at radius 2 is 1.58 bits per heavy atom. The molecule has 0 saturated carbocycles. The Kier molecular flexibility index (Phi) is 4.58. The van der Waals surface area contributed by atoms with Crippen LogP contribution in [0.2, 0.25) is 0 Å². The van der Waals surface area contributed by atoms with Crippen LogP contribution in [0.1, 0.15) is 38.8 Å². The highest BCUT2D eigenvalue weighted by molar-refractivity contribution is 5.94. The van der Waals surface area contributed by atoms with Gasteiger partial charge in [-0.15, -0.1) is 0 Å². The number of nitriles is 1. The molecule has 2 unspecified atom stereocenters. The van der Waals surface area contributed by atoms with Crippen molar-refractivity contribution in [3.05, 3.63) is 34.9 Å². The first-order valence-electron chi connectivity index (χ1n) is 5.21. The minimum Gasteiger partial charge on any atom is -0.478 e. The smallest absolute Gasteiger partial charge is 0.335 e. The van der Waals surface area contributed by atoms with Gasteiger partial charge in [-0.05, 0) is 23.8 Å². The fraction of sp³-hybridized carbons (Fsp3) is 0.250. The van der Waals surface area contributed by atoms with Gasteiger partial charge in [0.05, 0.1) is 29.7 Å². The maximum atomic E-state index is 10.9. The van der Waals surface area contributed by atoms with Crippen molar-refractivity contribution >= 4 is 11.9 Å². The lowest BCUT2D eigenvalue weighted by molar-refractivity contribution is 0.0214. The van der Waals surface area contributed by atoms with Gasteiger partial charge in [0.1, 0.15) is 6.10 Å². The lowest BCUT2D eigenvalue weighted by Crippen LogP contribution is -2.18. The molecular weight excluding hydrogens is 254 g/mol. The first-order chi connectivity index (χ1) is 8.86. The van der Waals surface area contributed by atoms with Crippen LogP contribution in [0.25, 0.3) is 0 Å². The number of benzene rings is 1. The van der Waals surface area contributed by atoms with Crippen molar-refractivity contribution in [1.29, 1.82) is 5.26 Å². The van der Waals surface area contributed by atoms with E-state index in [-0.39, 0.29) is 23.1 Å². The van der Waals surface area contributed by atoms with E-state index < -0.39 is 24.1 Å². The number of carbonyl (C=O) groups is 2. The summed E-state index contributed by atoms with van der Waals surface area (Å²) in [6.45, 7) is 0. The molecule has 0 aromatic heterocycles. The highest BCUT2D eigenvalue weighted by atomic mass is 16.4. The van der Waals surface area contributed by atoms with E-state index in [4.69, 9.17) is 15.5 Å². The van der Waals surface area contributed by atoms with Crippen molar-refractivity contribution in [3.8, 4) is 6.07 Å². The first-order valence-corrected chi connectivity index (χ1v) is 5.21. The van der Waals surface area contributed by atoms with Crippen LogP contribution in [-0.2, 0) is 0 Å². The van der Waals surface area contributed by atoms with Crippen LogP contribution >= 0.6 is 0 Å². The minimum atomic E-state index is -1.53. The molecule has 4 N–H and O–H groups in total. The maximum absolute atomic E-state index is 10.9. The molecule has 19 heavy (non-hydrogen) atoms. The molecule has 100 valence electrons. The molecule has 7 heteroatoms. The molecular formula is C12H11NO6. The first kappa shape index (κ1) is 14.6. The summed E-state index contributed by atoms with van der Waals surface area (Å²) in [5, 5.41) is 45.3. The van der Waals surface area contributed by atoms with Crippen LogP contribution in [0, 0.1) is 11.3 Å². The van der Waals surface area contributed by atoms with Crippen molar-refractivity contribution in [2.45, 2.75) is 18.6 Å². The zero-order valence-corrected chi connectivity index (χ0v) is 9.65. The van der Waals surface area contributed by atoms with Crippen LogP contribution < -0.4 is 0 Å². The second-order valence-corrected chi connectivity index (χ2v) is 3.83. The van der Waals surface area contributed by atoms with E-state index in [0.29, 0.717) is 0 Å². The molecule has 1 rings (SSSR count). The van der Waals surface area contributed by atoms with Crippen molar-refractivity contribution in [2.75, 3.05) is 0 Å². The Hall–Kier alpha value is -2.43. The summed E-state index contributed by atoms with van der Waals surface area (Å²) in [4.78, 5) is 21.7. The lowest BCUT2D eigenvalue weighted by atomic mass is 9.97. The van der Waals surface area contributed by atoms with Crippen LogP contribution in [0.5, 0.6) is 0 Å². The fourth-order valence-electron chi connectivity index (χ4n) is 1.50. The molecule has 0 saturated heterocycles. The van der Waals surface area contributed by atoms with Gasteiger partial charge < -0.3 is 20.4 Å². The summed E-state index contributed by atoms with van der Waals surface area (Å²) in [6.07, 6.45) is -3.31. The number of hydrogen-bond acceptors (Lipinski definition) is 5. The van der Waals surface area contributed by atoms with Gasteiger partial charge in [-0.3, -0.25) is 0 Å². The van der Waals surface area contributed by atoms with Gasteiger partial charge in [0.25, 0.3) is 0 Å². The molecule has 0 aliphatic rings. The zero-order valence-electron chi connectivity index (χ0n) is 9.65. The van der Waals surface area contributed by atoms with E-state index in [2.05, 4.69) is 0 Å². The fourth-order valence-corrected chi connectivity index (χ4v) is 1.50. The zero-order chi connectivity index (χ0) is 14.6. The van der Waals surface area contributed by atoms with Gasteiger partial charge in [-0.25, -0.2) is 9.59 Å².